The van der Waals surface area contributed by atoms with Gasteiger partial charge in [-0.3, -0.25) is 0 Å². The van der Waals surface area contributed by atoms with Crippen LogP contribution in [0.2, 0.25) is 0 Å². The molecule has 0 saturated heterocycles. The van der Waals surface area contributed by atoms with Gasteiger partial charge in [-0.1, -0.05) is 19.9 Å². The highest BCUT2D eigenvalue weighted by atomic mass is 16.5. The molecule has 0 fully saturated rings. The van der Waals surface area contributed by atoms with E-state index in [4.69, 9.17) is 10.5 Å². The molecule has 1 aromatic carbocycles. The zero-order valence-corrected chi connectivity index (χ0v) is 11.3. The molecule has 0 amide bonds. The molecular weight excluding hydrogens is 226 g/mol. The monoisotopic (exact) mass is 245 g/mol. The fraction of sp³-hybridized carbons (Fsp3) is 0.357. The molecule has 96 valence electrons. The highest BCUT2D eigenvalue weighted by Crippen LogP contribution is 2.32. The molecule has 2 N–H and O–H groups in total. The minimum absolute atomic E-state index is 0.474. The molecule has 4 nitrogen and oxygen atoms in total. The third-order valence-corrected chi connectivity index (χ3v) is 3.08. The summed E-state index contributed by atoms with van der Waals surface area (Å²) in [6, 6.07) is 6.20. The molecule has 2 aromatic rings. The van der Waals surface area contributed by atoms with Gasteiger partial charge in [0.25, 0.3) is 0 Å². The van der Waals surface area contributed by atoms with E-state index in [0.717, 1.165) is 17.0 Å². The average Bonchev–Trinajstić information content (AvgIpc) is 2.68. The Balaban J connectivity index is 2.50. The lowest BCUT2D eigenvalue weighted by Crippen LogP contribution is -1.94. The van der Waals surface area contributed by atoms with Crippen LogP contribution in [0.5, 0.6) is 5.75 Å². The average molecular weight is 245 g/mol. The molecule has 0 unspecified atom stereocenters. The van der Waals surface area contributed by atoms with Crippen molar-refractivity contribution in [1.82, 2.24) is 9.55 Å². The highest BCUT2D eigenvalue weighted by molar-refractivity contribution is 5.68. The first kappa shape index (κ1) is 12.5. The molecule has 1 heterocycles. The van der Waals surface area contributed by atoms with Crippen LogP contribution in [0.4, 0.5) is 5.95 Å². The molecule has 0 radical (unpaired) electrons. The summed E-state index contributed by atoms with van der Waals surface area (Å²) >= 11 is 0. The number of benzene rings is 1. The Labute approximate surface area is 107 Å². The smallest absolute Gasteiger partial charge is 0.200 e. The van der Waals surface area contributed by atoms with Crippen molar-refractivity contribution in [3.63, 3.8) is 0 Å². The van der Waals surface area contributed by atoms with Crippen LogP contribution >= 0.6 is 0 Å². The first-order valence-electron chi connectivity index (χ1n) is 6.00. The minimum Gasteiger partial charge on any atom is -0.496 e. The van der Waals surface area contributed by atoms with Crippen LogP contribution in [-0.4, -0.2) is 16.7 Å². The second-order valence-electron chi connectivity index (χ2n) is 4.71. The van der Waals surface area contributed by atoms with Crippen LogP contribution in [0.15, 0.2) is 24.4 Å². The number of imidazole rings is 1. The summed E-state index contributed by atoms with van der Waals surface area (Å²) in [5, 5.41) is 0. The van der Waals surface area contributed by atoms with Crippen molar-refractivity contribution in [2.75, 3.05) is 12.8 Å². The zero-order chi connectivity index (χ0) is 13.3. The lowest BCUT2D eigenvalue weighted by Gasteiger charge is -2.11. The summed E-state index contributed by atoms with van der Waals surface area (Å²) in [6.45, 7) is 4.32. The van der Waals surface area contributed by atoms with Crippen molar-refractivity contribution in [3.05, 3.63) is 30.0 Å². The van der Waals surface area contributed by atoms with Crippen LogP contribution in [0.3, 0.4) is 0 Å². The van der Waals surface area contributed by atoms with Gasteiger partial charge in [0.2, 0.25) is 0 Å². The number of rotatable bonds is 3. The van der Waals surface area contributed by atoms with E-state index >= 15 is 0 Å². The van der Waals surface area contributed by atoms with Crippen LogP contribution in [0.1, 0.15) is 25.3 Å². The van der Waals surface area contributed by atoms with Crippen molar-refractivity contribution in [3.8, 4) is 17.0 Å². The van der Waals surface area contributed by atoms with Crippen molar-refractivity contribution < 1.29 is 4.74 Å². The Hall–Kier alpha value is -1.97. The molecule has 0 saturated carbocycles. The standard InChI is InChI=1S/C14H19N3O/c1-9(2)10-5-6-11(13(7-10)18-4)12-8-17(3)14(15)16-12/h5-9H,1-4H3,(H2,15,16). The fourth-order valence-electron chi connectivity index (χ4n) is 1.89. The molecule has 0 aliphatic heterocycles. The summed E-state index contributed by atoms with van der Waals surface area (Å²) in [5.74, 6) is 1.81. The van der Waals surface area contributed by atoms with Crippen LogP contribution in [0, 0.1) is 0 Å². The molecule has 0 aliphatic carbocycles. The molecule has 0 spiro atoms. The summed E-state index contributed by atoms with van der Waals surface area (Å²) in [5.41, 5.74) is 8.81. The van der Waals surface area contributed by atoms with Crippen molar-refractivity contribution in [2.45, 2.75) is 19.8 Å². The largest absolute Gasteiger partial charge is 0.496 e. The van der Waals surface area contributed by atoms with E-state index < -0.39 is 0 Å². The molecule has 2 rings (SSSR count). The van der Waals surface area contributed by atoms with Gasteiger partial charge >= 0.3 is 0 Å². The number of hydrogen-bond acceptors (Lipinski definition) is 3. The Morgan fingerprint density at radius 2 is 2.06 bits per heavy atom. The number of anilines is 1. The SMILES string of the molecule is COc1cc(C(C)C)ccc1-c1cn(C)c(N)n1. The van der Waals surface area contributed by atoms with Crippen LogP contribution in [-0.2, 0) is 7.05 Å². The maximum atomic E-state index is 5.76. The molecule has 1 aromatic heterocycles. The molecule has 0 atom stereocenters. The van der Waals surface area contributed by atoms with E-state index in [1.54, 1.807) is 11.7 Å². The Bertz CT molecular complexity index is 539. The summed E-state index contributed by atoms with van der Waals surface area (Å²) in [6.07, 6.45) is 1.90. The molecular formula is C14H19N3O. The number of ether oxygens (including phenoxy) is 1. The second kappa shape index (κ2) is 4.72. The molecule has 18 heavy (non-hydrogen) atoms. The van der Waals surface area contributed by atoms with Gasteiger partial charge in [0.1, 0.15) is 5.75 Å². The van der Waals surface area contributed by atoms with E-state index in [0.29, 0.717) is 11.9 Å². The van der Waals surface area contributed by atoms with Gasteiger partial charge in [-0.05, 0) is 23.6 Å². The predicted molar refractivity (Wildman–Crippen MR) is 73.7 cm³/mol. The number of nitrogen functional groups attached to an aromatic ring is 1. The van der Waals surface area contributed by atoms with Gasteiger partial charge in [0.15, 0.2) is 5.95 Å². The summed E-state index contributed by atoms with van der Waals surface area (Å²) < 4.78 is 7.25. The molecule has 0 aliphatic rings. The third kappa shape index (κ3) is 2.18. The molecule has 4 heteroatoms. The fourth-order valence-corrected chi connectivity index (χ4v) is 1.89. The van der Waals surface area contributed by atoms with Crippen molar-refractivity contribution in [1.29, 1.82) is 0 Å². The van der Waals surface area contributed by atoms with Gasteiger partial charge in [0, 0.05) is 18.8 Å². The number of aryl methyl sites for hydroxylation is 1. The maximum absolute atomic E-state index is 5.76. The number of nitrogens with two attached hydrogens (primary N) is 1. The van der Waals surface area contributed by atoms with Gasteiger partial charge in [0.05, 0.1) is 12.8 Å². The maximum Gasteiger partial charge on any atom is 0.200 e. The van der Waals surface area contributed by atoms with E-state index in [-0.39, 0.29) is 0 Å². The van der Waals surface area contributed by atoms with E-state index in [1.807, 2.05) is 19.3 Å². The third-order valence-electron chi connectivity index (χ3n) is 3.08. The zero-order valence-electron chi connectivity index (χ0n) is 11.3. The quantitative estimate of drug-likeness (QED) is 0.904. The minimum atomic E-state index is 0.474. The normalized spacial score (nSPS) is 10.9. The van der Waals surface area contributed by atoms with Crippen molar-refractivity contribution >= 4 is 5.95 Å². The van der Waals surface area contributed by atoms with Gasteiger partial charge in [-0.25, -0.2) is 4.98 Å². The Kier molecular flexibility index (Phi) is 3.28. The number of hydrogen-bond donors (Lipinski definition) is 1. The highest BCUT2D eigenvalue weighted by Gasteiger charge is 2.12. The van der Waals surface area contributed by atoms with Crippen LogP contribution in [0.25, 0.3) is 11.3 Å². The number of nitrogens with zero attached hydrogens (tertiary/aromatic N) is 2. The van der Waals surface area contributed by atoms with E-state index in [9.17, 15) is 0 Å². The van der Waals surface area contributed by atoms with E-state index in [2.05, 4.69) is 31.0 Å². The van der Waals surface area contributed by atoms with Gasteiger partial charge < -0.3 is 15.0 Å². The van der Waals surface area contributed by atoms with Gasteiger partial charge in [-0.15, -0.1) is 0 Å². The number of methoxy groups -OCH3 is 1. The lowest BCUT2D eigenvalue weighted by molar-refractivity contribution is 0.415. The van der Waals surface area contributed by atoms with E-state index in [1.165, 1.54) is 5.56 Å². The Morgan fingerprint density at radius 1 is 1.33 bits per heavy atom. The van der Waals surface area contributed by atoms with Gasteiger partial charge in [-0.2, -0.15) is 0 Å². The first-order chi connectivity index (χ1) is 8.52. The van der Waals surface area contributed by atoms with Crippen LogP contribution < -0.4 is 10.5 Å². The first-order valence-corrected chi connectivity index (χ1v) is 6.00. The second-order valence-corrected chi connectivity index (χ2v) is 4.71. The summed E-state index contributed by atoms with van der Waals surface area (Å²) in [7, 11) is 3.55. The predicted octanol–water partition coefficient (Wildman–Crippen LogP) is 2.80. The lowest BCUT2D eigenvalue weighted by atomic mass is 10.00. The Morgan fingerprint density at radius 3 is 2.56 bits per heavy atom. The van der Waals surface area contributed by atoms with Crippen molar-refractivity contribution in [2.24, 2.45) is 7.05 Å². The molecule has 0 bridgehead atoms. The summed E-state index contributed by atoms with van der Waals surface area (Å²) in [4.78, 5) is 4.32. The number of aromatic nitrogens is 2. The topological polar surface area (TPSA) is 53.1 Å².